The van der Waals surface area contributed by atoms with Crippen LogP contribution < -0.4 is 4.74 Å². The van der Waals surface area contributed by atoms with Gasteiger partial charge in [-0.3, -0.25) is 0 Å². The molecule has 0 saturated carbocycles. The number of halogens is 1. The summed E-state index contributed by atoms with van der Waals surface area (Å²) in [5.41, 5.74) is 1.83. The van der Waals surface area contributed by atoms with Crippen LogP contribution in [0.2, 0.25) is 5.02 Å². The van der Waals surface area contributed by atoms with Crippen LogP contribution in [0.25, 0.3) is 6.08 Å². The Morgan fingerprint density at radius 2 is 2.25 bits per heavy atom. The number of ether oxygens (including phenoxy) is 1. The first-order chi connectivity index (χ1) is 9.56. The molecule has 20 heavy (non-hydrogen) atoms. The molecular weight excluding hydrogens is 296 g/mol. The number of aliphatic carboxylic acids is 1. The predicted molar refractivity (Wildman–Crippen MR) is 81.5 cm³/mol. The number of thiophene rings is 1. The Bertz CT molecular complexity index is 646. The Morgan fingerprint density at radius 3 is 2.95 bits per heavy atom. The highest BCUT2D eigenvalue weighted by Crippen LogP contribution is 2.25. The van der Waals surface area contributed by atoms with E-state index in [0.717, 1.165) is 27.8 Å². The SMILES string of the molecule is Cc1cc(Cl)ccc1OCc1sccc1C=CC(=O)O. The summed E-state index contributed by atoms with van der Waals surface area (Å²) in [7, 11) is 0. The van der Waals surface area contributed by atoms with E-state index in [1.807, 2.05) is 30.5 Å². The third-order valence-corrected chi connectivity index (χ3v) is 3.83. The molecule has 0 radical (unpaired) electrons. The first kappa shape index (κ1) is 14.6. The van der Waals surface area contributed by atoms with Crippen LogP contribution in [0.5, 0.6) is 5.75 Å². The molecule has 5 heteroatoms. The fourth-order valence-electron chi connectivity index (χ4n) is 1.70. The molecule has 3 nitrogen and oxygen atoms in total. The van der Waals surface area contributed by atoms with Crippen LogP contribution in [0.15, 0.2) is 35.7 Å². The molecule has 1 aromatic carbocycles. The second-order valence-corrected chi connectivity index (χ2v) is 5.61. The zero-order chi connectivity index (χ0) is 14.5. The van der Waals surface area contributed by atoms with Crippen LogP contribution in [0, 0.1) is 6.92 Å². The third kappa shape index (κ3) is 3.85. The van der Waals surface area contributed by atoms with Crippen molar-refractivity contribution >= 4 is 35.0 Å². The van der Waals surface area contributed by atoms with E-state index in [2.05, 4.69) is 0 Å². The largest absolute Gasteiger partial charge is 0.488 e. The van der Waals surface area contributed by atoms with Crippen LogP contribution >= 0.6 is 22.9 Å². The molecule has 0 spiro atoms. The third-order valence-electron chi connectivity index (χ3n) is 2.68. The molecule has 1 aromatic heterocycles. The van der Waals surface area contributed by atoms with E-state index in [0.29, 0.717) is 11.6 Å². The highest BCUT2D eigenvalue weighted by atomic mass is 35.5. The van der Waals surface area contributed by atoms with E-state index < -0.39 is 5.97 Å². The van der Waals surface area contributed by atoms with Gasteiger partial charge in [0, 0.05) is 16.0 Å². The normalized spacial score (nSPS) is 10.9. The molecule has 0 aliphatic rings. The Labute approximate surface area is 126 Å². The smallest absolute Gasteiger partial charge is 0.328 e. The summed E-state index contributed by atoms with van der Waals surface area (Å²) in [5, 5.41) is 11.2. The number of carboxylic acid groups (broad SMARTS) is 1. The molecule has 0 aliphatic carbocycles. The molecule has 0 saturated heterocycles. The number of benzene rings is 1. The summed E-state index contributed by atoms with van der Waals surface area (Å²) in [6.45, 7) is 2.33. The molecule has 2 rings (SSSR count). The monoisotopic (exact) mass is 308 g/mol. The Kier molecular flexibility index (Phi) is 4.82. The van der Waals surface area contributed by atoms with Gasteiger partial charge in [-0.15, -0.1) is 11.3 Å². The van der Waals surface area contributed by atoms with Crippen molar-refractivity contribution in [2.75, 3.05) is 0 Å². The number of carboxylic acids is 1. The molecule has 1 heterocycles. The minimum atomic E-state index is -0.961. The minimum absolute atomic E-state index is 0.402. The van der Waals surface area contributed by atoms with Crippen molar-refractivity contribution in [2.24, 2.45) is 0 Å². The number of aryl methyl sites for hydroxylation is 1. The average molecular weight is 309 g/mol. The molecular formula is C15H13ClO3S. The van der Waals surface area contributed by atoms with Crippen LogP contribution in [-0.2, 0) is 11.4 Å². The van der Waals surface area contributed by atoms with Gasteiger partial charge in [0.25, 0.3) is 0 Å². The average Bonchev–Trinajstić information content (AvgIpc) is 2.83. The van der Waals surface area contributed by atoms with Crippen molar-refractivity contribution in [3.05, 3.63) is 56.7 Å². The van der Waals surface area contributed by atoms with Gasteiger partial charge < -0.3 is 9.84 Å². The van der Waals surface area contributed by atoms with Crippen molar-refractivity contribution in [2.45, 2.75) is 13.5 Å². The molecule has 0 fully saturated rings. The predicted octanol–water partition coefficient (Wildman–Crippen LogP) is 4.39. The molecule has 0 amide bonds. The van der Waals surface area contributed by atoms with Crippen LogP contribution in [-0.4, -0.2) is 11.1 Å². The summed E-state index contributed by atoms with van der Waals surface area (Å²) in [5.74, 6) is -0.187. The number of hydrogen-bond donors (Lipinski definition) is 1. The maximum absolute atomic E-state index is 10.5. The maximum atomic E-state index is 10.5. The van der Waals surface area contributed by atoms with Gasteiger partial charge in [0.2, 0.25) is 0 Å². The van der Waals surface area contributed by atoms with Crippen LogP contribution in [0.4, 0.5) is 0 Å². The van der Waals surface area contributed by atoms with Gasteiger partial charge in [-0.1, -0.05) is 11.6 Å². The van der Waals surface area contributed by atoms with E-state index in [9.17, 15) is 4.79 Å². The second-order valence-electron chi connectivity index (χ2n) is 4.17. The van der Waals surface area contributed by atoms with E-state index in [-0.39, 0.29) is 0 Å². The molecule has 0 aliphatic heterocycles. The molecule has 0 atom stereocenters. The van der Waals surface area contributed by atoms with E-state index >= 15 is 0 Å². The molecule has 2 aromatic rings. The summed E-state index contributed by atoms with van der Waals surface area (Å²) in [6, 6.07) is 7.33. The van der Waals surface area contributed by atoms with Gasteiger partial charge in [-0.25, -0.2) is 4.79 Å². The number of hydrogen-bond acceptors (Lipinski definition) is 3. The zero-order valence-corrected chi connectivity index (χ0v) is 12.4. The highest BCUT2D eigenvalue weighted by Gasteiger charge is 2.05. The Morgan fingerprint density at radius 1 is 1.45 bits per heavy atom. The van der Waals surface area contributed by atoms with Crippen molar-refractivity contribution in [1.29, 1.82) is 0 Å². The molecule has 104 valence electrons. The van der Waals surface area contributed by atoms with E-state index in [1.165, 1.54) is 11.3 Å². The summed E-state index contributed by atoms with van der Waals surface area (Å²) in [4.78, 5) is 11.5. The van der Waals surface area contributed by atoms with Gasteiger partial charge in [0.05, 0.1) is 0 Å². The minimum Gasteiger partial charge on any atom is -0.488 e. The van der Waals surface area contributed by atoms with Crippen LogP contribution in [0.1, 0.15) is 16.0 Å². The van der Waals surface area contributed by atoms with E-state index in [4.69, 9.17) is 21.4 Å². The van der Waals surface area contributed by atoms with Crippen molar-refractivity contribution in [3.63, 3.8) is 0 Å². The van der Waals surface area contributed by atoms with Gasteiger partial charge in [-0.05, 0) is 53.8 Å². The topological polar surface area (TPSA) is 46.5 Å². The van der Waals surface area contributed by atoms with Crippen LogP contribution in [0.3, 0.4) is 0 Å². The number of carbonyl (C=O) groups is 1. The van der Waals surface area contributed by atoms with Gasteiger partial charge >= 0.3 is 5.97 Å². The Hall–Kier alpha value is -1.78. The van der Waals surface area contributed by atoms with E-state index in [1.54, 1.807) is 12.1 Å². The standard InChI is InChI=1S/C15H13ClO3S/c1-10-8-12(16)3-4-13(10)19-9-14-11(6-7-20-14)2-5-15(17)18/h2-8H,9H2,1H3,(H,17,18). The fourth-order valence-corrected chi connectivity index (χ4v) is 2.70. The van der Waals surface area contributed by atoms with Crippen molar-refractivity contribution in [1.82, 2.24) is 0 Å². The highest BCUT2D eigenvalue weighted by molar-refractivity contribution is 7.10. The second kappa shape index (κ2) is 6.59. The quantitative estimate of drug-likeness (QED) is 0.833. The molecule has 0 unspecified atom stereocenters. The molecule has 1 N–H and O–H groups in total. The van der Waals surface area contributed by atoms with Crippen molar-refractivity contribution in [3.8, 4) is 5.75 Å². The Balaban J connectivity index is 2.08. The summed E-state index contributed by atoms with van der Waals surface area (Å²) in [6.07, 6.45) is 2.70. The lowest BCUT2D eigenvalue weighted by molar-refractivity contribution is -0.131. The lowest BCUT2D eigenvalue weighted by Crippen LogP contribution is -1.96. The van der Waals surface area contributed by atoms with Crippen molar-refractivity contribution < 1.29 is 14.6 Å². The fraction of sp³-hybridized carbons (Fsp3) is 0.133. The first-order valence-electron chi connectivity index (χ1n) is 5.92. The van der Waals surface area contributed by atoms with Gasteiger partial charge in [-0.2, -0.15) is 0 Å². The summed E-state index contributed by atoms with van der Waals surface area (Å²) < 4.78 is 5.75. The van der Waals surface area contributed by atoms with Gasteiger partial charge in [0.15, 0.2) is 0 Å². The first-order valence-corrected chi connectivity index (χ1v) is 7.18. The molecule has 0 bridgehead atoms. The summed E-state index contributed by atoms with van der Waals surface area (Å²) >= 11 is 7.43. The lowest BCUT2D eigenvalue weighted by Gasteiger charge is -2.09. The van der Waals surface area contributed by atoms with Gasteiger partial charge in [0.1, 0.15) is 12.4 Å². The maximum Gasteiger partial charge on any atom is 0.328 e. The zero-order valence-electron chi connectivity index (χ0n) is 10.8. The number of rotatable bonds is 5. The lowest BCUT2D eigenvalue weighted by atomic mass is 10.2.